The second-order valence-electron chi connectivity index (χ2n) is 5.58. The smallest absolute Gasteiger partial charge is 0.219 e. The third-order valence-corrected chi connectivity index (χ3v) is 4.41. The summed E-state index contributed by atoms with van der Waals surface area (Å²) in [4.78, 5) is 11.5. The van der Waals surface area contributed by atoms with Gasteiger partial charge < -0.3 is 10.1 Å². The predicted molar refractivity (Wildman–Crippen MR) is 84.9 cm³/mol. The maximum Gasteiger partial charge on any atom is 0.219 e. The highest BCUT2D eigenvalue weighted by Gasteiger charge is 2.24. The lowest BCUT2D eigenvalue weighted by Gasteiger charge is -2.27. The second-order valence-corrected chi connectivity index (χ2v) is 5.58. The van der Waals surface area contributed by atoms with E-state index in [4.69, 9.17) is 4.74 Å². The van der Waals surface area contributed by atoms with E-state index in [0.717, 1.165) is 25.1 Å². The van der Waals surface area contributed by atoms with Crippen molar-refractivity contribution in [1.29, 1.82) is 0 Å². The molecule has 0 spiro atoms. The first-order valence-corrected chi connectivity index (χ1v) is 7.59. The van der Waals surface area contributed by atoms with Gasteiger partial charge in [0.25, 0.3) is 0 Å². The molecule has 0 unspecified atom stereocenters. The standard InChI is InChI=1S/C18H21NO2/c1-3-17(20)19-11-13-7-9-15-16(21-2)10-8-12-5-4-6-14(13)18(12)15/h4-6,8,10,13H,3,7,9,11H2,1-2H3,(H,19,20)/t13-/m1/s1. The largest absolute Gasteiger partial charge is 0.496 e. The van der Waals surface area contributed by atoms with Crippen LogP contribution in [-0.2, 0) is 11.2 Å². The van der Waals surface area contributed by atoms with Gasteiger partial charge in [-0.05, 0) is 35.2 Å². The molecule has 0 saturated carbocycles. The first-order chi connectivity index (χ1) is 10.2. The van der Waals surface area contributed by atoms with Crippen LogP contribution >= 0.6 is 0 Å². The lowest BCUT2D eigenvalue weighted by Crippen LogP contribution is -2.29. The Labute approximate surface area is 125 Å². The molecular formula is C18H21NO2. The number of aryl methyl sites for hydroxylation is 1. The molecular weight excluding hydrogens is 262 g/mol. The fourth-order valence-corrected chi connectivity index (χ4v) is 3.29. The molecule has 1 aliphatic carbocycles. The quantitative estimate of drug-likeness (QED) is 0.934. The van der Waals surface area contributed by atoms with Crippen molar-refractivity contribution in [3.8, 4) is 5.75 Å². The Bertz CT molecular complexity index is 678. The Morgan fingerprint density at radius 3 is 2.95 bits per heavy atom. The molecule has 1 atom stereocenters. The van der Waals surface area contributed by atoms with E-state index in [1.807, 2.05) is 6.92 Å². The monoisotopic (exact) mass is 283 g/mol. The summed E-state index contributed by atoms with van der Waals surface area (Å²) in [7, 11) is 1.73. The Hall–Kier alpha value is -2.03. The van der Waals surface area contributed by atoms with Crippen molar-refractivity contribution in [2.24, 2.45) is 0 Å². The molecule has 110 valence electrons. The number of carbonyl (C=O) groups is 1. The molecule has 0 aromatic heterocycles. The van der Waals surface area contributed by atoms with Gasteiger partial charge in [-0.1, -0.05) is 31.2 Å². The molecule has 2 aromatic carbocycles. The summed E-state index contributed by atoms with van der Waals surface area (Å²) in [6.07, 6.45) is 2.60. The summed E-state index contributed by atoms with van der Waals surface area (Å²) in [6, 6.07) is 10.6. The van der Waals surface area contributed by atoms with Crippen LogP contribution in [0.25, 0.3) is 10.8 Å². The van der Waals surface area contributed by atoms with Crippen molar-refractivity contribution in [1.82, 2.24) is 5.32 Å². The summed E-state index contributed by atoms with van der Waals surface area (Å²) in [6.45, 7) is 2.61. The summed E-state index contributed by atoms with van der Waals surface area (Å²) in [5.74, 6) is 1.49. The third-order valence-electron chi connectivity index (χ3n) is 4.41. The molecule has 3 nitrogen and oxygen atoms in total. The van der Waals surface area contributed by atoms with E-state index in [9.17, 15) is 4.79 Å². The van der Waals surface area contributed by atoms with E-state index < -0.39 is 0 Å². The van der Waals surface area contributed by atoms with Crippen LogP contribution in [0.4, 0.5) is 0 Å². The lowest BCUT2D eigenvalue weighted by molar-refractivity contribution is -0.120. The van der Waals surface area contributed by atoms with Crippen LogP contribution in [0.5, 0.6) is 5.75 Å². The molecule has 0 aliphatic heterocycles. The minimum atomic E-state index is 0.124. The van der Waals surface area contributed by atoms with Crippen molar-refractivity contribution in [3.05, 3.63) is 41.5 Å². The van der Waals surface area contributed by atoms with E-state index in [-0.39, 0.29) is 5.91 Å². The van der Waals surface area contributed by atoms with Crippen molar-refractivity contribution in [2.45, 2.75) is 32.1 Å². The summed E-state index contributed by atoms with van der Waals surface area (Å²) < 4.78 is 5.51. The van der Waals surface area contributed by atoms with E-state index in [2.05, 4.69) is 35.6 Å². The van der Waals surface area contributed by atoms with Crippen LogP contribution in [0.1, 0.15) is 36.8 Å². The molecule has 0 fully saturated rings. The molecule has 21 heavy (non-hydrogen) atoms. The summed E-state index contributed by atoms with van der Waals surface area (Å²) >= 11 is 0. The number of nitrogens with one attached hydrogen (secondary N) is 1. The average Bonchev–Trinajstić information content (AvgIpc) is 2.54. The Morgan fingerprint density at radius 2 is 2.19 bits per heavy atom. The minimum Gasteiger partial charge on any atom is -0.496 e. The van der Waals surface area contributed by atoms with Gasteiger partial charge in [0.05, 0.1) is 7.11 Å². The van der Waals surface area contributed by atoms with Crippen LogP contribution in [0, 0.1) is 0 Å². The first-order valence-electron chi connectivity index (χ1n) is 7.59. The van der Waals surface area contributed by atoms with Crippen molar-refractivity contribution in [2.75, 3.05) is 13.7 Å². The van der Waals surface area contributed by atoms with E-state index in [1.165, 1.54) is 21.9 Å². The second kappa shape index (κ2) is 5.76. The van der Waals surface area contributed by atoms with Gasteiger partial charge >= 0.3 is 0 Å². The summed E-state index contributed by atoms with van der Waals surface area (Å²) in [5, 5.41) is 5.61. The van der Waals surface area contributed by atoms with Gasteiger partial charge in [0, 0.05) is 24.4 Å². The maximum absolute atomic E-state index is 11.5. The van der Waals surface area contributed by atoms with Crippen LogP contribution in [0.2, 0.25) is 0 Å². The molecule has 0 radical (unpaired) electrons. The van der Waals surface area contributed by atoms with E-state index >= 15 is 0 Å². The van der Waals surface area contributed by atoms with Gasteiger partial charge in [-0.3, -0.25) is 4.79 Å². The number of hydrogen-bond donors (Lipinski definition) is 1. The fraction of sp³-hybridized carbons (Fsp3) is 0.389. The van der Waals surface area contributed by atoms with Crippen molar-refractivity contribution < 1.29 is 9.53 Å². The number of amides is 1. The maximum atomic E-state index is 11.5. The highest BCUT2D eigenvalue weighted by Crippen LogP contribution is 2.40. The number of rotatable bonds is 4. The lowest BCUT2D eigenvalue weighted by atomic mass is 9.81. The molecule has 0 saturated heterocycles. The normalized spacial score (nSPS) is 16.8. The molecule has 2 aromatic rings. The summed E-state index contributed by atoms with van der Waals surface area (Å²) in [5.41, 5.74) is 2.65. The number of methoxy groups -OCH3 is 1. The van der Waals surface area contributed by atoms with Crippen LogP contribution in [0.15, 0.2) is 30.3 Å². The minimum absolute atomic E-state index is 0.124. The predicted octanol–water partition coefficient (Wildman–Crippen LogP) is 3.40. The first kappa shape index (κ1) is 13.9. The topological polar surface area (TPSA) is 38.3 Å². The number of carbonyl (C=O) groups excluding carboxylic acids is 1. The van der Waals surface area contributed by atoms with E-state index in [1.54, 1.807) is 7.11 Å². The van der Waals surface area contributed by atoms with Crippen LogP contribution in [0.3, 0.4) is 0 Å². The van der Waals surface area contributed by atoms with Crippen molar-refractivity contribution >= 4 is 16.7 Å². The van der Waals surface area contributed by atoms with Gasteiger partial charge in [-0.25, -0.2) is 0 Å². The average molecular weight is 283 g/mol. The molecule has 0 heterocycles. The van der Waals surface area contributed by atoms with Gasteiger partial charge in [0.1, 0.15) is 5.75 Å². The molecule has 1 N–H and O–H groups in total. The van der Waals surface area contributed by atoms with Crippen LogP contribution in [-0.4, -0.2) is 19.6 Å². The molecule has 1 amide bonds. The number of benzene rings is 2. The van der Waals surface area contributed by atoms with E-state index in [0.29, 0.717) is 12.3 Å². The Kier molecular flexibility index (Phi) is 3.82. The highest BCUT2D eigenvalue weighted by atomic mass is 16.5. The highest BCUT2D eigenvalue weighted by molar-refractivity contribution is 5.92. The zero-order valence-corrected chi connectivity index (χ0v) is 12.6. The Balaban J connectivity index is 2.01. The molecule has 3 heteroatoms. The SMILES string of the molecule is CCC(=O)NC[C@H]1CCc2c(OC)ccc3cccc1c23. The molecule has 0 bridgehead atoms. The molecule has 3 rings (SSSR count). The fourth-order valence-electron chi connectivity index (χ4n) is 3.29. The zero-order chi connectivity index (χ0) is 14.8. The number of hydrogen-bond acceptors (Lipinski definition) is 2. The third kappa shape index (κ3) is 2.48. The van der Waals surface area contributed by atoms with Gasteiger partial charge in [-0.2, -0.15) is 0 Å². The van der Waals surface area contributed by atoms with Crippen molar-refractivity contribution in [3.63, 3.8) is 0 Å². The van der Waals surface area contributed by atoms with Crippen LogP contribution < -0.4 is 10.1 Å². The zero-order valence-electron chi connectivity index (χ0n) is 12.6. The Morgan fingerprint density at radius 1 is 1.33 bits per heavy atom. The number of ether oxygens (including phenoxy) is 1. The van der Waals surface area contributed by atoms with Gasteiger partial charge in [-0.15, -0.1) is 0 Å². The van der Waals surface area contributed by atoms with Gasteiger partial charge in [0.2, 0.25) is 5.91 Å². The molecule has 1 aliphatic rings. The van der Waals surface area contributed by atoms with Gasteiger partial charge in [0.15, 0.2) is 0 Å².